The number of rotatable bonds is 5. The molecule has 2 aliphatic rings. The Hall–Kier alpha value is -0.950. The van der Waals surface area contributed by atoms with E-state index in [1.54, 1.807) is 0 Å². The third-order valence-corrected chi connectivity index (χ3v) is 7.12. The molecule has 0 unspecified atom stereocenters. The first kappa shape index (κ1) is 20.4. The molecule has 1 amide bonds. The molecule has 10 nitrogen and oxygen atoms in total. The number of nitrogens with zero attached hydrogens (tertiary/aromatic N) is 3. The van der Waals surface area contributed by atoms with E-state index in [0.717, 1.165) is 11.1 Å². The fourth-order valence-corrected chi connectivity index (χ4v) is 5.31. The van der Waals surface area contributed by atoms with Gasteiger partial charge < -0.3 is 24.2 Å². The fourth-order valence-electron chi connectivity index (χ4n) is 2.79. The van der Waals surface area contributed by atoms with Crippen molar-refractivity contribution in [1.29, 1.82) is 0 Å². The normalized spacial score (nSPS) is 29.8. The molecule has 3 heterocycles. The smallest absolute Gasteiger partial charge is 0.548 e. The van der Waals surface area contributed by atoms with E-state index in [2.05, 4.69) is 26.2 Å². The first-order chi connectivity index (χ1) is 11.2. The van der Waals surface area contributed by atoms with Crippen molar-refractivity contribution in [2.45, 2.75) is 36.1 Å². The van der Waals surface area contributed by atoms with E-state index in [9.17, 15) is 23.1 Å². The maximum Gasteiger partial charge on any atom is 1.00 e. The molecular weight excluding hydrogens is 433 g/mol. The molecule has 0 N–H and O–H groups in total. The third-order valence-electron chi connectivity index (χ3n) is 4.08. The number of aliphatic carboxylic acids is 1. The monoisotopic (exact) mass is 443 g/mol. The van der Waals surface area contributed by atoms with Crippen molar-refractivity contribution in [3.63, 3.8) is 0 Å². The Labute approximate surface area is 172 Å². The van der Waals surface area contributed by atoms with Crippen LogP contribution in [0, 0.1) is 0 Å². The minimum Gasteiger partial charge on any atom is -0.548 e. The molecule has 2 fully saturated rings. The van der Waals surface area contributed by atoms with E-state index in [1.165, 1.54) is 13.0 Å². The van der Waals surface area contributed by atoms with Gasteiger partial charge in [0.05, 0.1) is 24.6 Å². The summed E-state index contributed by atoms with van der Waals surface area (Å²) >= 11 is 3.08. The molecule has 13 heteroatoms. The molecule has 130 valence electrons. The van der Waals surface area contributed by atoms with Crippen LogP contribution in [0.25, 0.3) is 0 Å². The van der Waals surface area contributed by atoms with Crippen LogP contribution < -0.4 is 34.7 Å². The quantitative estimate of drug-likeness (QED) is 0.193. The largest absolute Gasteiger partial charge is 1.00 e. The molecule has 0 bridgehead atoms. The molecule has 0 saturated carbocycles. The molecule has 0 aromatic carbocycles. The summed E-state index contributed by atoms with van der Waals surface area (Å²) in [5, 5.41) is 17.3. The van der Waals surface area contributed by atoms with Crippen molar-refractivity contribution in [3.05, 3.63) is 16.4 Å². The van der Waals surface area contributed by atoms with Crippen LogP contribution in [0.1, 0.15) is 19.1 Å². The summed E-state index contributed by atoms with van der Waals surface area (Å²) in [4.78, 5) is 28.7. The number of hydrogen-bond donors (Lipinski definition) is 0. The first-order valence-corrected chi connectivity index (χ1v) is 9.05. The van der Waals surface area contributed by atoms with E-state index < -0.39 is 37.9 Å². The van der Waals surface area contributed by atoms with E-state index in [1.807, 2.05) is 0 Å². The van der Waals surface area contributed by atoms with Crippen LogP contribution in [-0.4, -0.2) is 52.7 Å². The van der Waals surface area contributed by atoms with Crippen LogP contribution in [0.2, 0.25) is 0 Å². The zero-order chi connectivity index (χ0) is 17.7. The maximum absolute atomic E-state index is 12.5. The van der Waals surface area contributed by atoms with Crippen LogP contribution in [0.4, 0.5) is 0 Å². The number of carboxylic acid groups (broad SMARTS) is 1. The number of sulfone groups is 1. The number of oxime groups is 1. The fraction of sp³-hybridized carbons (Fsp3) is 0.500. The van der Waals surface area contributed by atoms with Gasteiger partial charge in [0.1, 0.15) is 14.7 Å². The summed E-state index contributed by atoms with van der Waals surface area (Å²) in [6.45, 7) is 1.04. The van der Waals surface area contributed by atoms with Crippen LogP contribution in [0.3, 0.4) is 0 Å². The summed E-state index contributed by atoms with van der Waals surface area (Å²) in [5.74, 6) is -1.89. The van der Waals surface area contributed by atoms with Crippen molar-refractivity contribution in [1.82, 2.24) is 10.1 Å². The molecule has 0 aliphatic carbocycles. The van der Waals surface area contributed by atoms with E-state index in [-0.39, 0.29) is 42.6 Å². The summed E-state index contributed by atoms with van der Waals surface area (Å²) in [6.07, 6.45) is 0.627. The Bertz CT molecular complexity index is 842. The van der Waals surface area contributed by atoms with Gasteiger partial charge in [0.2, 0.25) is 5.91 Å². The Kier molecular flexibility index (Phi) is 5.69. The van der Waals surface area contributed by atoms with Crippen LogP contribution in [-0.2, 0) is 30.9 Å². The molecule has 1 aromatic rings. The van der Waals surface area contributed by atoms with E-state index in [4.69, 9.17) is 9.36 Å². The zero-order valence-electron chi connectivity index (χ0n) is 13.2. The predicted octanol–water partition coefficient (Wildman–Crippen LogP) is -4.19. The van der Waals surface area contributed by atoms with Gasteiger partial charge in [-0.25, -0.2) is 8.42 Å². The molecule has 2 aliphatic heterocycles. The van der Waals surface area contributed by atoms with Gasteiger partial charge in [-0.2, -0.15) is 0 Å². The third kappa shape index (κ3) is 3.14. The zero-order valence-corrected chi connectivity index (χ0v) is 17.6. The number of carboxylic acids is 1. The van der Waals surface area contributed by atoms with Crippen molar-refractivity contribution in [2.75, 3.05) is 0 Å². The van der Waals surface area contributed by atoms with Gasteiger partial charge in [0.15, 0.2) is 22.2 Å². The summed E-state index contributed by atoms with van der Waals surface area (Å²) < 4.78 is 28.4. The summed E-state index contributed by atoms with van der Waals surface area (Å²) in [5.41, 5.74) is 0. The number of aromatic nitrogens is 1. The van der Waals surface area contributed by atoms with E-state index in [0.29, 0.717) is 10.4 Å². The van der Waals surface area contributed by atoms with Gasteiger partial charge in [-0.05, 0) is 22.9 Å². The molecule has 3 atom stereocenters. The van der Waals surface area contributed by atoms with Gasteiger partial charge in [-0.3, -0.25) is 4.79 Å². The summed E-state index contributed by atoms with van der Waals surface area (Å²) in [6, 6.07) is -0.126. The average molecular weight is 444 g/mol. The molecule has 3 rings (SSSR count). The van der Waals surface area contributed by atoms with Gasteiger partial charge in [0.25, 0.3) is 0 Å². The van der Waals surface area contributed by atoms with Crippen LogP contribution in [0.15, 0.2) is 20.3 Å². The summed E-state index contributed by atoms with van der Waals surface area (Å²) in [7, 11) is -3.98. The Morgan fingerprint density at radius 1 is 1.68 bits per heavy atom. The van der Waals surface area contributed by atoms with Crippen molar-refractivity contribution in [3.8, 4) is 0 Å². The van der Waals surface area contributed by atoms with Crippen molar-refractivity contribution < 1.29 is 62.0 Å². The van der Waals surface area contributed by atoms with Crippen LogP contribution >= 0.6 is 15.9 Å². The number of fused-ring (bicyclic) bond motifs is 1. The number of carbonyl (C=O) groups is 2. The topological polar surface area (TPSA) is 142 Å². The molecular formula is C12H11BrN3NaO7S. The number of halogens is 1. The Morgan fingerprint density at radius 2 is 2.36 bits per heavy atom. The number of hydrogen-bond acceptors (Lipinski definition) is 9. The second-order valence-electron chi connectivity index (χ2n) is 5.53. The first-order valence-electron chi connectivity index (χ1n) is 6.71. The van der Waals surface area contributed by atoms with Crippen molar-refractivity contribution >= 4 is 43.9 Å². The Morgan fingerprint density at radius 3 is 2.88 bits per heavy atom. The Balaban J connectivity index is 0.00000225. The molecule has 2 saturated heterocycles. The second kappa shape index (κ2) is 6.99. The number of β-lactam (4-membered cyclic amide) rings is 1. The van der Waals surface area contributed by atoms with Crippen molar-refractivity contribution in [2.24, 2.45) is 5.16 Å². The van der Waals surface area contributed by atoms with E-state index >= 15 is 0 Å². The average Bonchev–Trinajstić information content (AvgIpc) is 2.95. The molecule has 0 radical (unpaired) electrons. The SMILES string of the molecule is C[C@]1(/C=N/OCc2cc(Br)no2)[C@H](C(=O)[O-])N2C(=O)C[C@H]2S1(=O)=O.[Na+]. The second-order valence-corrected chi connectivity index (χ2v) is 8.86. The predicted molar refractivity (Wildman–Crippen MR) is 78.9 cm³/mol. The van der Waals surface area contributed by atoms with Gasteiger partial charge in [-0.1, -0.05) is 10.3 Å². The number of carbonyl (C=O) groups excluding carboxylic acids is 2. The number of amides is 1. The van der Waals surface area contributed by atoms with Gasteiger partial charge in [0, 0.05) is 6.07 Å². The van der Waals surface area contributed by atoms with Gasteiger partial charge in [-0.15, -0.1) is 0 Å². The standard InChI is InChI=1S/C12H12BrN3O7S.Na/c1-12(5-14-22-4-6-2-7(13)15-23-6)10(11(18)19)16-8(17)3-9(16)24(12,20)21;/h2,5,9-10H,3-4H2,1H3,(H,18,19);/q;+1/p-1/b14-5+;/t9-,10+,12+;/m1./s1. The molecule has 0 spiro atoms. The molecule has 25 heavy (non-hydrogen) atoms. The molecule has 1 aromatic heterocycles. The minimum atomic E-state index is -3.98. The van der Waals surface area contributed by atoms with Gasteiger partial charge >= 0.3 is 29.6 Å². The van der Waals surface area contributed by atoms with Crippen LogP contribution in [0.5, 0.6) is 0 Å². The minimum absolute atomic E-state index is 0. The maximum atomic E-state index is 12.5.